The van der Waals surface area contributed by atoms with Crippen LogP contribution >= 0.6 is 0 Å². The van der Waals surface area contributed by atoms with Crippen molar-refractivity contribution in [2.45, 2.75) is 58.9 Å². The third-order valence-electron chi connectivity index (χ3n) is 4.78. The van der Waals surface area contributed by atoms with Crippen LogP contribution < -0.4 is 0 Å². The van der Waals surface area contributed by atoms with E-state index in [1.165, 1.54) is 43.5 Å². The summed E-state index contributed by atoms with van der Waals surface area (Å²) in [4.78, 5) is 0. The molecule has 0 N–H and O–H groups in total. The zero-order valence-corrected chi connectivity index (χ0v) is 11.0. The molecule has 3 rings (SSSR count). The van der Waals surface area contributed by atoms with Crippen LogP contribution in [0.5, 0.6) is 0 Å². The first-order valence-electron chi connectivity index (χ1n) is 7.26. The molecule has 17 heavy (non-hydrogen) atoms. The molecule has 3 heteroatoms. The van der Waals surface area contributed by atoms with Crippen LogP contribution in [0.25, 0.3) is 0 Å². The van der Waals surface area contributed by atoms with Gasteiger partial charge in [0.05, 0.1) is 11.4 Å². The number of hydrogen-bond acceptors (Lipinski definition) is 2. The smallest absolute Gasteiger partial charge is 0.0859 e. The maximum absolute atomic E-state index is 4.37. The van der Waals surface area contributed by atoms with Crippen molar-refractivity contribution in [3.8, 4) is 0 Å². The first-order valence-corrected chi connectivity index (χ1v) is 7.26. The number of aryl methyl sites for hydroxylation is 2. The van der Waals surface area contributed by atoms with Crippen molar-refractivity contribution in [2.75, 3.05) is 0 Å². The summed E-state index contributed by atoms with van der Waals surface area (Å²) in [5.41, 5.74) is 2.71. The summed E-state index contributed by atoms with van der Waals surface area (Å²) in [6.07, 6.45) is 7.89. The Labute approximate surface area is 104 Å². The lowest BCUT2D eigenvalue weighted by molar-refractivity contribution is 0.546. The molecule has 3 nitrogen and oxygen atoms in total. The average Bonchev–Trinajstić information content (AvgIpc) is 2.80. The standard InChI is InChI=1S/C14H23N3/c1-3-5-10-11-6-8-13-14(9-7-12(10)11)17(4-2)16-15-13/h10-12H,3-9H2,1-2H3/t10-,11-,12+/m1/s1. The molecule has 1 saturated carbocycles. The first-order chi connectivity index (χ1) is 8.35. The number of aromatic nitrogens is 3. The fraction of sp³-hybridized carbons (Fsp3) is 0.857. The van der Waals surface area contributed by atoms with E-state index in [1.807, 2.05) is 0 Å². The van der Waals surface area contributed by atoms with Crippen LogP contribution in [0.2, 0.25) is 0 Å². The highest BCUT2D eigenvalue weighted by atomic mass is 15.4. The lowest BCUT2D eigenvalue weighted by atomic mass is 10.0. The topological polar surface area (TPSA) is 30.7 Å². The van der Waals surface area contributed by atoms with Crippen molar-refractivity contribution >= 4 is 0 Å². The van der Waals surface area contributed by atoms with Gasteiger partial charge in [-0.2, -0.15) is 0 Å². The molecule has 0 saturated heterocycles. The Balaban J connectivity index is 1.73. The Morgan fingerprint density at radius 1 is 1.18 bits per heavy atom. The molecule has 0 aromatic carbocycles. The highest BCUT2D eigenvalue weighted by molar-refractivity contribution is 5.15. The fourth-order valence-corrected chi connectivity index (χ4v) is 3.84. The third kappa shape index (κ3) is 1.90. The second-order valence-corrected chi connectivity index (χ2v) is 5.66. The lowest BCUT2D eigenvalue weighted by Gasteiger charge is -2.09. The van der Waals surface area contributed by atoms with Gasteiger partial charge in [0.15, 0.2) is 0 Å². The summed E-state index contributed by atoms with van der Waals surface area (Å²) in [7, 11) is 0. The van der Waals surface area contributed by atoms with Gasteiger partial charge in [-0.1, -0.05) is 25.0 Å². The molecule has 1 heterocycles. The number of hydrogen-bond donors (Lipinski definition) is 0. The van der Waals surface area contributed by atoms with E-state index in [4.69, 9.17) is 0 Å². The molecule has 0 spiro atoms. The van der Waals surface area contributed by atoms with Crippen LogP contribution in [-0.2, 0) is 19.4 Å². The largest absolute Gasteiger partial charge is 0.249 e. The van der Waals surface area contributed by atoms with E-state index >= 15 is 0 Å². The van der Waals surface area contributed by atoms with Gasteiger partial charge in [-0.15, -0.1) is 5.10 Å². The molecular formula is C14H23N3. The van der Waals surface area contributed by atoms with Gasteiger partial charge in [0.1, 0.15) is 0 Å². The van der Waals surface area contributed by atoms with E-state index in [1.54, 1.807) is 0 Å². The van der Waals surface area contributed by atoms with Crippen LogP contribution in [0, 0.1) is 17.8 Å². The van der Waals surface area contributed by atoms with E-state index < -0.39 is 0 Å². The van der Waals surface area contributed by atoms with Crippen LogP contribution in [-0.4, -0.2) is 15.0 Å². The van der Waals surface area contributed by atoms with Crippen molar-refractivity contribution in [2.24, 2.45) is 17.8 Å². The zero-order valence-electron chi connectivity index (χ0n) is 11.0. The SMILES string of the molecule is CCC[C@@H]1[C@H]2CCc3nnn(CC)c3CC[C@@H]12. The van der Waals surface area contributed by atoms with Crippen molar-refractivity contribution < 1.29 is 0 Å². The Bertz CT molecular complexity index is 396. The second-order valence-electron chi connectivity index (χ2n) is 5.66. The second kappa shape index (κ2) is 4.43. The predicted molar refractivity (Wildman–Crippen MR) is 67.7 cm³/mol. The predicted octanol–water partition coefficient (Wildman–Crippen LogP) is 2.84. The lowest BCUT2D eigenvalue weighted by Crippen LogP contribution is -2.07. The molecular weight excluding hydrogens is 210 g/mol. The van der Waals surface area contributed by atoms with Gasteiger partial charge in [-0.25, -0.2) is 4.68 Å². The van der Waals surface area contributed by atoms with Crippen molar-refractivity contribution in [3.63, 3.8) is 0 Å². The van der Waals surface area contributed by atoms with E-state index in [0.29, 0.717) is 0 Å². The van der Waals surface area contributed by atoms with Crippen molar-refractivity contribution in [1.29, 1.82) is 0 Å². The molecule has 0 amide bonds. The highest BCUT2D eigenvalue weighted by Gasteiger charge is 2.48. The van der Waals surface area contributed by atoms with Gasteiger partial charge < -0.3 is 0 Å². The highest BCUT2D eigenvalue weighted by Crippen LogP contribution is 2.54. The van der Waals surface area contributed by atoms with Crippen LogP contribution in [0.4, 0.5) is 0 Å². The molecule has 0 radical (unpaired) electrons. The molecule has 0 aliphatic heterocycles. The average molecular weight is 233 g/mol. The Morgan fingerprint density at radius 2 is 1.94 bits per heavy atom. The Morgan fingerprint density at radius 3 is 2.65 bits per heavy atom. The minimum Gasteiger partial charge on any atom is -0.249 e. The molecule has 3 atom stereocenters. The van der Waals surface area contributed by atoms with E-state index in [-0.39, 0.29) is 0 Å². The number of nitrogens with zero attached hydrogens (tertiary/aromatic N) is 3. The van der Waals surface area contributed by atoms with Crippen LogP contribution in [0.3, 0.4) is 0 Å². The normalized spacial score (nSPS) is 31.3. The fourth-order valence-electron chi connectivity index (χ4n) is 3.84. The first kappa shape index (κ1) is 11.2. The van der Waals surface area contributed by atoms with Crippen LogP contribution in [0.1, 0.15) is 50.9 Å². The molecule has 1 fully saturated rings. The molecule has 94 valence electrons. The van der Waals surface area contributed by atoms with Crippen molar-refractivity contribution in [3.05, 3.63) is 11.4 Å². The molecule has 1 aromatic heterocycles. The molecule has 0 unspecified atom stereocenters. The van der Waals surface area contributed by atoms with Gasteiger partial charge in [-0.3, -0.25) is 0 Å². The summed E-state index contributed by atoms with van der Waals surface area (Å²) in [6.45, 7) is 5.44. The van der Waals surface area contributed by atoms with Gasteiger partial charge in [0.25, 0.3) is 0 Å². The Kier molecular flexibility index (Phi) is 2.93. The quantitative estimate of drug-likeness (QED) is 0.803. The molecule has 1 aromatic rings. The van der Waals surface area contributed by atoms with E-state index in [9.17, 15) is 0 Å². The maximum atomic E-state index is 4.37. The minimum absolute atomic E-state index is 0.967. The third-order valence-corrected chi connectivity index (χ3v) is 4.78. The monoisotopic (exact) mass is 233 g/mol. The molecule has 2 aliphatic rings. The zero-order chi connectivity index (χ0) is 11.8. The van der Waals surface area contributed by atoms with E-state index in [0.717, 1.165) is 30.7 Å². The maximum Gasteiger partial charge on any atom is 0.0859 e. The Hall–Kier alpha value is -0.860. The minimum atomic E-state index is 0.967. The van der Waals surface area contributed by atoms with Gasteiger partial charge >= 0.3 is 0 Å². The summed E-state index contributed by atoms with van der Waals surface area (Å²) in [6, 6.07) is 0. The van der Waals surface area contributed by atoms with Gasteiger partial charge in [0.2, 0.25) is 0 Å². The van der Waals surface area contributed by atoms with Crippen LogP contribution in [0.15, 0.2) is 0 Å². The molecule has 2 aliphatic carbocycles. The van der Waals surface area contributed by atoms with Crippen molar-refractivity contribution in [1.82, 2.24) is 15.0 Å². The summed E-state index contributed by atoms with van der Waals surface area (Å²) in [5.74, 6) is 3.06. The van der Waals surface area contributed by atoms with Gasteiger partial charge in [0, 0.05) is 6.54 Å². The summed E-state index contributed by atoms with van der Waals surface area (Å²) in [5, 5.41) is 8.63. The summed E-state index contributed by atoms with van der Waals surface area (Å²) >= 11 is 0. The number of fused-ring (bicyclic) bond motifs is 2. The summed E-state index contributed by atoms with van der Waals surface area (Å²) < 4.78 is 2.10. The van der Waals surface area contributed by atoms with Gasteiger partial charge in [-0.05, 0) is 50.4 Å². The molecule has 0 bridgehead atoms. The number of rotatable bonds is 3. The van der Waals surface area contributed by atoms with E-state index in [2.05, 4.69) is 28.8 Å².